The first-order valence-electron chi connectivity index (χ1n) is 6.13. The molecule has 0 aliphatic heterocycles. The highest BCUT2D eigenvalue weighted by molar-refractivity contribution is 7.89. The van der Waals surface area contributed by atoms with E-state index < -0.39 is 10.0 Å². The topological polar surface area (TPSA) is 80.6 Å². The number of hydrazone groups is 1. The lowest BCUT2D eigenvalue weighted by Gasteiger charge is -2.03. The second kappa shape index (κ2) is 6.36. The Morgan fingerprint density at radius 2 is 1.90 bits per heavy atom. The molecule has 0 fully saturated rings. The van der Waals surface area contributed by atoms with Gasteiger partial charge in [-0.3, -0.25) is 0 Å². The van der Waals surface area contributed by atoms with Crippen molar-refractivity contribution in [2.24, 2.45) is 5.10 Å². The van der Waals surface area contributed by atoms with Crippen LogP contribution in [0.5, 0.6) is 5.88 Å². The first kappa shape index (κ1) is 15.0. The quantitative estimate of drug-likeness (QED) is 0.673. The van der Waals surface area contributed by atoms with E-state index in [2.05, 4.69) is 14.9 Å². The summed E-state index contributed by atoms with van der Waals surface area (Å²) < 4.78 is 28.9. The first-order chi connectivity index (χ1) is 10.0. The SMILES string of the molecule is COc1ccc(C=NNS(=O)(=O)c2ccc(C)cc2)cn1. The summed E-state index contributed by atoms with van der Waals surface area (Å²) in [5.41, 5.74) is 1.64. The van der Waals surface area contributed by atoms with Crippen LogP contribution in [0, 0.1) is 6.92 Å². The molecule has 2 rings (SSSR count). The zero-order valence-electron chi connectivity index (χ0n) is 11.6. The molecule has 0 aliphatic rings. The number of hydrogen-bond donors (Lipinski definition) is 1. The highest BCUT2D eigenvalue weighted by atomic mass is 32.2. The average Bonchev–Trinajstić information content (AvgIpc) is 2.48. The molecule has 0 saturated carbocycles. The van der Waals surface area contributed by atoms with Gasteiger partial charge in [-0.05, 0) is 25.1 Å². The standard InChI is InChI=1S/C14H15N3O3S/c1-11-3-6-13(7-4-11)21(18,19)17-16-10-12-5-8-14(20-2)15-9-12/h3-10,17H,1-2H3. The van der Waals surface area contributed by atoms with Gasteiger partial charge in [-0.25, -0.2) is 9.82 Å². The van der Waals surface area contributed by atoms with Crippen molar-refractivity contribution >= 4 is 16.2 Å². The number of aryl methyl sites for hydroxylation is 1. The van der Waals surface area contributed by atoms with E-state index in [0.29, 0.717) is 11.4 Å². The Bertz CT molecular complexity index is 723. The molecule has 1 heterocycles. The van der Waals surface area contributed by atoms with E-state index in [1.165, 1.54) is 31.7 Å². The lowest BCUT2D eigenvalue weighted by Crippen LogP contribution is -2.18. The number of hydrogen-bond acceptors (Lipinski definition) is 5. The minimum absolute atomic E-state index is 0.165. The van der Waals surface area contributed by atoms with Gasteiger partial charge in [0.25, 0.3) is 10.0 Å². The van der Waals surface area contributed by atoms with Crippen LogP contribution in [0.2, 0.25) is 0 Å². The zero-order valence-corrected chi connectivity index (χ0v) is 12.5. The second-order valence-corrected chi connectivity index (χ2v) is 5.96. The van der Waals surface area contributed by atoms with Gasteiger partial charge in [-0.15, -0.1) is 0 Å². The monoisotopic (exact) mass is 305 g/mol. The fourth-order valence-electron chi connectivity index (χ4n) is 1.53. The smallest absolute Gasteiger partial charge is 0.276 e. The molecule has 0 saturated heterocycles. The molecular weight excluding hydrogens is 290 g/mol. The molecule has 0 spiro atoms. The fraction of sp³-hybridized carbons (Fsp3) is 0.143. The maximum atomic E-state index is 12.0. The summed E-state index contributed by atoms with van der Waals surface area (Å²) in [5, 5.41) is 3.72. The lowest BCUT2D eigenvalue weighted by atomic mass is 10.2. The highest BCUT2D eigenvalue weighted by Gasteiger charge is 2.11. The van der Waals surface area contributed by atoms with Crippen molar-refractivity contribution in [3.63, 3.8) is 0 Å². The Kier molecular flexibility index (Phi) is 4.54. The molecule has 2 aromatic rings. The number of nitrogens with one attached hydrogen (secondary N) is 1. The molecule has 1 N–H and O–H groups in total. The van der Waals surface area contributed by atoms with Gasteiger partial charge < -0.3 is 4.74 Å². The van der Waals surface area contributed by atoms with Crippen LogP contribution in [-0.2, 0) is 10.0 Å². The van der Waals surface area contributed by atoms with Crippen molar-refractivity contribution in [3.8, 4) is 5.88 Å². The largest absolute Gasteiger partial charge is 0.481 e. The van der Waals surface area contributed by atoms with Crippen LogP contribution in [0.4, 0.5) is 0 Å². The van der Waals surface area contributed by atoms with E-state index in [1.807, 2.05) is 6.92 Å². The molecule has 0 atom stereocenters. The van der Waals surface area contributed by atoms with E-state index in [0.717, 1.165) is 5.56 Å². The molecule has 0 unspecified atom stereocenters. The summed E-state index contributed by atoms with van der Waals surface area (Å²) in [6.07, 6.45) is 2.90. The fourth-order valence-corrected chi connectivity index (χ4v) is 2.32. The van der Waals surface area contributed by atoms with Gasteiger partial charge in [-0.1, -0.05) is 17.7 Å². The van der Waals surface area contributed by atoms with Crippen LogP contribution < -0.4 is 9.57 Å². The van der Waals surface area contributed by atoms with Crippen molar-refractivity contribution in [1.29, 1.82) is 0 Å². The molecular formula is C14H15N3O3S. The maximum absolute atomic E-state index is 12.0. The van der Waals surface area contributed by atoms with Gasteiger partial charge in [0, 0.05) is 17.8 Å². The van der Waals surface area contributed by atoms with Crippen molar-refractivity contribution in [1.82, 2.24) is 9.82 Å². The van der Waals surface area contributed by atoms with Crippen LogP contribution in [0.15, 0.2) is 52.6 Å². The summed E-state index contributed by atoms with van der Waals surface area (Å²) in [6, 6.07) is 9.90. The van der Waals surface area contributed by atoms with Crippen molar-refractivity contribution in [3.05, 3.63) is 53.7 Å². The van der Waals surface area contributed by atoms with E-state index in [-0.39, 0.29) is 4.90 Å². The summed E-state index contributed by atoms with van der Waals surface area (Å²) in [5.74, 6) is 0.479. The summed E-state index contributed by atoms with van der Waals surface area (Å²) in [6.45, 7) is 1.89. The number of methoxy groups -OCH3 is 1. The van der Waals surface area contributed by atoms with Crippen LogP contribution in [0.3, 0.4) is 0 Å². The van der Waals surface area contributed by atoms with E-state index in [9.17, 15) is 8.42 Å². The Morgan fingerprint density at radius 3 is 2.48 bits per heavy atom. The van der Waals surface area contributed by atoms with E-state index in [4.69, 9.17) is 4.74 Å². The summed E-state index contributed by atoms with van der Waals surface area (Å²) in [7, 11) is -2.13. The normalized spacial score (nSPS) is 11.5. The Hall–Kier alpha value is -2.41. The number of benzene rings is 1. The van der Waals surface area contributed by atoms with Crippen LogP contribution in [0.25, 0.3) is 0 Å². The van der Waals surface area contributed by atoms with Crippen molar-refractivity contribution in [2.75, 3.05) is 7.11 Å². The molecule has 1 aromatic heterocycles. The predicted octanol–water partition coefficient (Wildman–Crippen LogP) is 1.71. The van der Waals surface area contributed by atoms with E-state index in [1.54, 1.807) is 24.3 Å². The minimum Gasteiger partial charge on any atom is -0.481 e. The van der Waals surface area contributed by atoms with Gasteiger partial charge in [0.2, 0.25) is 5.88 Å². The van der Waals surface area contributed by atoms with Crippen LogP contribution >= 0.6 is 0 Å². The average molecular weight is 305 g/mol. The zero-order chi connectivity index (χ0) is 15.3. The number of rotatable bonds is 5. The maximum Gasteiger partial charge on any atom is 0.276 e. The number of ether oxygens (including phenoxy) is 1. The van der Waals surface area contributed by atoms with Gasteiger partial charge in [0.15, 0.2) is 0 Å². The molecule has 1 aromatic carbocycles. The van der Waals surface area contributed by atoms with Gasteiger partial charge in [-0.2, -0.15) is 13.5 Å². The Morgan fingerprint density at radius 1 is 1.19 bits per heavy atom. The molecule has 110 valence electrons. The third kappa shape index (κ3) is 4.03. The molecule has 6 nitrogen and oxygen atoms in total. The first-order valence-corrected chi connectivity index (χ1v) is 7.61. The molecule has 0 aliphatic carbocycles. The third-order valence-corrected chi connectivity index (χ3v) is 3.92. The van der Waals surface area contributed by atoms with Crippen LogP contribution in [-0.4, -0.2) is 26.7 Å². The summed E-state index contributed by atoms with van der Waals surface area (Å²) in [4.78, 5) is 6.31. The summed E-state index contributed by atoms with van der Waals surface area (Å²) >= 11 is 0. The number of nitrogens with zero attached hydrogens (tertiary/aromatic N) is 2. The molecule has 7 heteroatoms. The van der Waals surface area contributed by atoms with Gasteiger partial charge in [0.1, 0.15) is 0 Å². The minimum atomic E-state index is -3.65. The third-order valence-electron chi connectivity index (χ3n) is 2.69. The van der Waals surface area contributed by atoms with Crippen LogP contribution in [0.1, 0.15) is 11.1 Å². The second-order valence-electron chi connectivity index (χ2n) is 4.30. The Labute approximate surface area is 123 Å². The number of pyridine rings is 1. The number of aromatic nitrogens is 1. The molecule has 21 heavy (non-hydrogen) atoms. The number of sulfonamides is 1. The lowest BCUT2D eigenvalue weighted by molar-refractivity contribution is 0.398. The predicted molar refractivity (Wildman–Crippen MR) is 79.9 cm³/mol. The Balaban J connectivity index is 2.06. The van der Waals surface area contributed by atoms with Gasteiger partial charge >= 0.3 is 0 Å². The van der Waals surface area contributed by atoms with Gasteiger partial charge in [0.05, 0.1) is 18.2 Å². The van der Waals surface area contributed by atoms with Crippen molar-refractivity contribution in [2.45, 2.75) is 11.8 Å². The molecule has 0 bridgehead atoms. The molecule has 0 amide bonds. The van der Waals surface area contributed by atoms with E-state index >= 15 is 0 Å². The molecule has 0 radical (unpaired) electrons. The highest BCUT2D eigenvalue weighted by Crippen LogP contribution is 2.09. The van der Waals surface area contributed by atoms with Crippen molar-refractivity contribution < 1.29 is 13.2 Å².